The first-order valence-electron chi connectivity index (χ1n) is 7.06. The van der Waals surface area contributed by atoms with Gasteiger partial charge in [-0.25, -0.2) is 0 Å². The molecular weight excluding hydrogens is 194 g/mol. The fourth-order valence-corrected chi connectivity index (χ4v) is 5.18. The fourth-order valence-electron chi connectivity index (χ4n) is 5.18. The van der Waals surface area contributed by atoms with Gasteiger partial charge in [-0.1, -0.05) is 6.08 Å². The Kier molecular flexibility index (Phi) is 2.62. The van der Waals surface area contributed by atoms with Crippen molar-refractivity contribution in [2.24, 2.45) is 23.2 Å². The molecule has 1 unspecified atom stereocenters. The van der Waals surface area contributed by atoms with Crippen LogP contribution in [-0.2, 0) is 0 Å². The monoisotopic (exact) mass is 219 g/mol. The predicted octanol–water partition coefficient (Wildman–Crippen LogP) is 3.37. The highest BCUT2D eigenvalue weighted by atomic mass is 14.9. The van der Waals surface area contributed by atoms with Crippen LogP contribution in [0.3, 0.4) is 0 Å². The van der Waals surface area contributed by atoms with Crippen LogP contribution >= 0.6 is 0 Å². The molecule has 90 valence electrons. The van der Waals surface area contributed by atoms with Crippen LogP contribution in [0.15, 0.2) is 12.7 Å². The van der Waals surface area contributed by atoms with E-state index >= 15 is 0 Å². The van der Waals surface area contributed by atoms with Gasteiger partial charge in [0, 0.05) is 12.6 Å². The summed E-state index contributed by atoms with van der Waals surface area (Å²) in [6, 6.07) is 0.693. The molecule has 0 saturated heterocycles. The van der Waals surface area contributed by atoms with Crippen LogP contribution in [-0.4, -0.2) is 12.6 Å². The van der Waals surface area contributed by atoms with E-state index in [1.165, 1.54) is 19.3 Å². The summed E-state index contributed by atoms with van der Waals surface area (Å²) in [5, 5.41) is 3.67. The van der Waals surface area contributed by atoms with E-state index in [0.29, 0.717) is 11.5 Å². The smallest absolute Gasteiger partial charge is 0.0134 e. The number of hydrogen-bond acceptors (Lipinski definition) is 1. The Hall–Kier alpha value is -0.300. The molecule has 0 spiro atoms. The molecule has 1 nitrogen and oxygen atoms in total. The number of hydrogen-bond donors (Lipinski definition) is 1. The van der Waals surface area contributed by atoms with Crippen molar-refractivity contribution in [1.29, 1.82) is 0 Å². The first kappa shape index (κ1) is 10.8. The summed E-state index contributed by atoms with van der Waals surface area (Å²) in [6.07, 6.45) is 11.2. The van der Waals surface area contributed by atoms with Crippen LogP contribution in [0, 0.1) is 23.2 Å². The molecule has 0 heterocycles. The van der Waals surface area contributed by atoms with E-state index in [2.05, 4.69) is 18.8 Å². The average molecular weight is 219 g/mol. The van der Waals surface area contributed by atoms with E-state index in [0.717, 1.165) is 24.3 Å². The van der Waals surface area contributed by atoms with Gasteiger partial charge in [0.25, 0.3) is 0 Å². The standard InChI is InChI=1S/C15H25N/c1-3-4-16-11(2)15-8-12-5-13(9-15)7-14(6-12)10-15/h3,11-14,16H,1,4-10H2,2H3. The van der Waals surface area contributed by atoms with Gasteiger partial charge in [-0.2, -0.15) is 0 Å². The summed E-state index contributed by atoms with van der Waals surface area (Å²) in [5.41, 5.74) is 0.651. The topological polar surface area (TPSA) is 12.0 Å². The molecule has 1 atom stereocenters. The Bertz CT molecular complexity index is 246. The zero-order chi connectivity index (χ0) is 11.2. The van der Waals surface area contributed by atoms with Crippen molar-refractivity contribution in [2.75, 3.05) is 6.54 Å². The van der Waals surface area contributed by atoms with Crippen LogP contribution in [0.5, 0.6) is 0 Å². The summed E-state index contributed by atoms with van der Waals surface area (Å²) in [7, 11) is 0. The van der Waals surface area contributed by atoms with Crippen molar-refractivity contribution >= 4 is 0 Å². The van der Waals surface area contributed by atoms with Crippen molar-refractivity contribution in [2.45, 2.75) is 51.5 Å². The molecule has 4 rings (SSSR count). The minimum atomic E-state index is 0.651. The molecule has 0 radical (unpaired) electrons. The molecule has 4 aliphatic carbocycles. The SMILES string of the molecule is C=CCNC(C)C12CC3CC(CC(C3)C1)C2. The first-order valence-corrected chi connectivity index (χ1v) is 7.06. The van der Waals surface area contributed by atoms with Gasteiger partial charge in [-0.3, -0.25) is 0 Å². The normalized spacial score (nSPS) is 46.9. The van der Waals surface area contributed by atoms with Gasteiger partial charge in [0.1, 0.15) is 0 Å². The van der Waals surface area contributed by atoms with Crippen LogP contribution in [0.1, 0.15) is 45.4 Å². The molecule has 0 amide bonds. The van der Waals surface area contributed by atoms with E-state index in [1.54, 1.807) is 19.3 Å². The third-order valence-electron chi connectivity index (χ3n) is 5.57. The maximum Gasteiger partial charge on any atom is 0.0134 e. The second-order valence-electron chi connectivity index (χ2n) is 6.70. The van der Waals surface area contributed by atoms with Gasteiger partial charge >= 0.3 is 0 Å². The summed E-state index contributed by atoms with van der Waals surface area (Å²) >= 11 is 0. The van der Waals surface area contributed by atoms with Gasteiger partial charge in [-0.15, -0.1) is 6.58 Å². The minimum Gasteiger partial charge on any atom is -0.310 e. The minimum absolute atomic E-state index is 0.651. The maximum absolute atomic E-state index is 3.82. The Morgan fingerprint density at radius 1 is 1.19 bits per heavy atom. The Morgan fingerprint density at radius 2 is 1.69 bits per heavy atom. The average Bonchev–Trinajstić information content (AvgIpc) is 2.24. The third kappa shape index (κ3) is 1.64. The molecule has 0 aromatic rings. The highest BCUT2D eigenvalue weighted by Crippen LogP contribution is 2.61. The van der Waals surface area contributed by atoms with E-state index in [9.17, 15) is 0 Å². The zero-order valence-electron chi connectivity index (χ0n) is 10.5. The first-order chi connectivity index (χ1) is 7.72. The molecule has 0 aliphatic heterocycles. The van der Waals surface area contributed by atoms with Gasteiger partial charge in [0.15, 0.2) is 0 Å². The van der Waals surface area contributed by atoms with Crippen LogP contribution in [0.25, 0.3) is 0 Å². The second kappa shape index (κ2) is 3.87. The van der Waals surface area contributed by atoms with Gasteiger partial charge < -0.3 is 5.32 Å². The summed E-state index contributed by atoms with van der Waals surface area (Å²) in [6.45, 7) is 7.20. The molecule has 4 aliphatic rings. The molecule has 1 heteroatoms. The van der Waals surface area contributed by atoms with Crippen molar-refractivity contribution < 1.29 is 0 Å². The van der Waals surface area contributed by atoms with Crippen molar-refractivity contribution in [3.63, 3.8) is 0 Å². The molecule has 0 aromatic carbocycles. The van der Waals surface area contributed by atoms with Crippen molar-refractivity contribution in [1.82, 2.24) is 5.32 Å². The van der Waals surface area contributed by atoms with E-state index in [1.807, 2.05) is 6.08 Å². The lowest BCUT2D eigenvalue weighted by atomic mass is 9.48. The summed E-state index contributed by atoms with van der Waals surface area (Å²) in [4.78, 5) is 0. The molecule has 4 bridgehead atoms. The zero-order valence-corrected chi connectivity index (χ0v) is 10.5. The Labute approximate surface area is 99.7 Å². The molecular formula is C15H25N. The molecule has 4 fully saturated rings. The second-order valence-corrected chi connectivity index (χ2v) is 6.70. The van der Waals surface area contributed by atoms with E-state index in [4.69, 9.17) is 0 Å². The predicted molar refractivity (Wildman–Crippen MR) is 68.3 cm³/mol. The molecule has 0 aromatic heterocycles. The van der Waals surface area contributed by atoms with Gasteiger partial charge in [-0.05, 0) is 68.6 Å². The third-order valence-corrected chi connectivity index (χ3v) is 5.57. The quantitative estimate of drug-likeness (QED) is 0.715. The van der Waals surface area contributed by atoms with Crippen LogP contribution in [0.2, 0.25) is 0 Å². The summed E-state index contributed by atoms with van der Waals surface area (Å²) < 4.78 is 0. The highest BCUT2D eigenvalue weighted by Gasteiger charge is 2.52. The molecule has 1 N–H and O–H groups in total. The van der Waals surface area contributed by atoms with E-state index < -0.39 is 0 Å². The molecule has 16 heavy (non-hydrogen) atoms. The Morgan fingerprint density at radius 3 is 2.12 bits per heavy atom. The number of rotatable bonds is 4. The largest absolute Gasteiger partial charge is 0.310 e. The maximum atomic E-state index is 3.82. The van der Waals surface area contributed by atoms with Crippen LogP contribution in [0.4, 0.5) is 0 Å². The van der Waals surface area contributed by atoms with Crippen molar-refractivity contribution in [3.05, 3.63) is 12.7 Å². The van der Waals surface area contributed by atoms with Crippen molar-refractivity contribution in [3.8, 4) is 0 Å². The Balaban J connectivity index is 1.75. The summed E-state index contributed by atoms with van der Waals surface area (Å²) in [5.74, 6) is 3.21. The van der Waals surface area contributed by atoms with E-state index in [-0.39, 0.29) is 0 Å². The lowest BCUT2D eigenvalue weighted by Crippen LogP contribution is -2.54. The lowest BCUT2D eigenvalue weighted by molar-refractivity contribution is -0.0697. The highest BCUT2D eigenvalue weighted by molar-refractivity contribution is 5.05. The van der Waals surface area contributed by atoms with Gasteiger partial charge in [0.05, 0.1) is 0 Å². The van der Waals surface area contributed by atoms with Crippen LogP contribution < -0.4 is 5.32 Å². The van der Waals surface area contributed by atoms with Gasteiger partial charge in [0.2, 0.25) is 0 Å². The molecule has 4 saturated carbocycles. The fraction of sp³-hybridized carbons (Fsp3) is 0.867. The number of nitrogens with one attached hydrogen (secondary N) is 1. The lowest BCUT2D eigenvalue weighted by Gasteiger charge is -2.59.